The van der Waals surface area contributed by atoms with Gasteiger partial charge in [0.2, 0.25) is 0 Å². The van der Waals surface area contributed by atoms with Crippen molar-refractivity contribution in [1.29, 1.82) is 0 Å². The topological polar surface area (TPSA) is 52.9 Å². The minimum Gasteiger partial charge on any atom is -0.394 e. The van der Waals surface area contributed by atoms with Crippen LogP contribution in [0.5, 0.6) is 0 Å². The van der Waals surface area contributed by atoms with Crippen LogP contribution in [0, 0.1) is 11.8 Å². The number of rotatable bonds is 3. The highest BCUT2D eigenvalue weighted by atomic mass is 32.1. The lowest BCUT2D eigenvalue weighted by atomic mass is 10.2. The minimum atomic E-state index is -0.107. The van der Waals surface area contributed by atoms with E-state index < -0.39 is 0 Å². The molecule has 1 saturated heterocycles. The van der Waals surface area contributed by atoms with Crippen molar-refractivity contribution in [2.24, 2.45) is 0 Å². The molecule has 0 amide bonds. The Hall–Kier alpha value is -0.900. The van der Waals surface area contributed by atoms with E-state index in [9.17, 15) is 5.11 Å². The molecule has 1 aliphatic heterocycles. The van der Waals surface area contributed by atoms with Gasteiger partial charge in [-0.2, -0.15) is 0 Å². The van der Waals surface area contributed by atoms with Gasteiger partial charge in [-0.15, -0.1) is 11.3 Å². The number of ether oxygens (including phenoxy) is 1. The van der Waals surface area contributed by atoms with Crippen LogP contribution in [0.15, 0.2) is 11.4 Å². The first-order valence-corrected chi connectivity index (χ1v) is 7.24. The Bertz CT molecular complexity index is 463. The molecule has 1 aromatic rings. The van der Waals surface area contributed by atoms with Crippen LogP contribution in [0.2, 0.25) is 0 Å². The minimum absolute atomic E-state index is 0.0703. The van der Waals surface area contributed by atoms with Gasteiger partial charge in [0.05, 0.1) is 19.3 Å². The zero-order valence-electron chi connectivity index (χ0n) is 11.0. The number of aliphatic hydroxyl groups excluding tert-OH is 2. The van der Waals surface area contributed by atoms with E-state index >= 15 is 0 Å². The van der Waals surface area contributed by atoms with Crippen molar-refractivity contribution in [1.82, 2.24) is 4.90 Å². The van der Waals surface area contributed by atoms with E-state index in [1.807, 2.05) is 5.38 Å². The molecule has 0 radical (unpaired) electrons. The Morgan fingerprint density at radius 1 is 1.53 bits per heavy atom. The molecule has 0 spiro atoms. The maximum absolute atomic E-state index is 9.17. The molecule has 1 fully saturated rings. The molecular formula is C14H19NO3S. The van der Waals surface area contributed by atoms with E-state index in [0.29, 0.717) is 12.6 Å². The van der Waals surface area contributed by atoms with E-state index in [1.54, 1.807) is 11.3 Å². The summed E-state index contributed by atoms with van der Waals surface area (Å²) in [5, 5.41) is 19.8. The average Bonchev–Trinajstić information content (AvgIpc) is 2.86. The summed E-state index contributed by atoms with van der Waals surface area (Å²) in [7, 11) is 0. The fourth-order valence-corrected chi connectivity index (χ4v) is 2.92. The molecule has 0 aliphatic carbocycles. The van der Waals surface area contributed by atoms with Gasteiger partial charge in [0.1, 0.15) is 6.61 Å². The molecule has 1 aliphatic rings. The largest absolute Gasteiger partial charge is 0.394 e. The van der Waals surface area contributed by atoms with Gasteiger partial charge in [-0.05, 0) is 13.0 Å². The Morgan fingerprint density at radius 3 is 3.11 bits per heavy atom. The molecule has 4 nitrogen and oxygen atoms in total. The molecule has 0 saturated carbocycles. The molecule has 0 aromatic carbocycles. The Labute approximate surface area is 117 Å². The van der Waals surface area contributed by atoms with Crippen molar-refractivity contribution < 1.29 is 14.9 Å². The van der Waals surface area contributed by atoms with Crippen LogP contribution >= 0.6 is 11.3 Å². The Balaban J connectivity index is 1.97. The molecule has 2 heterocycles. The van der Waals surface area contributed by atoms with Crippen molar-refractivity contribution in [3.05, 3.63) is 21.9 Å². The summed E-state index contributed by atoms with van der Waals surface area (Å²) >= 11 is 1.68. The molecule has 104 valence electrons. The lowest BCUT2D eigenvalue weighted by molar-refractivity contribution is -0.0802. The second-order valence-electron chi connectivity index (χ2n) is 4.68. The first-order chi connectivity index (χ1) is 9.22. The second-order valence-corrected chi connectivity index (χ2v) is 5.67. The summed E-state index contributed by atoms with van der Waals surface area (Å²) in [5.41, 5.74) is 0.952. The van der Waals surface area contributed by atoms with Gasteiger partial charge in [-0.25, -0.2) is 0 Å². The van der Waals surface area contributed by atoms with Crippen LogP contribution in [0.4, 0.5) is 0 Å². The number of nitrogens with zero attached hydrogens (tertiary/aromatic N) is 1. The quantitative estimate of drug-likeness (QED) is 0.800. The third kappa shape index (κ3) is 4.03. The summed E-state index contributed by atoms with van der Waals surface area (Å²) in [6.45, 7) is 4.37. The molecule has 2 N–H and O–H groups in total. The summed E-state index contributed by atoms with van der Waals surface area (Å²) in [5.74, 6) is 5.56. The standard InChI is InChI=1S/C14H19NO3S/c1-11-9-18-13(8-17)6-15(11)7-14-5-12(10-19-14)3-2-4-16/h5,10-11,13,16-17H,4,6-9H2,1H3. The van der Waals surface area contributed by atoms with Gasteiger partial charge in [-0.1, -0.05) is 11.8 Å². The smallest absolute Gasteiger partial charge is 0.104 e. The van der Waals surface area contributed by atoms with Crippen LogP contribution < -0.4 is 0 Å². The van der Waals surface area contributed by atoms with Crippen molar-refractivity contribution in [2.75, 3.05) is 26.4 Å². The van der Waals surface area contributed by atoms with Gasteiger partial charge in [0.25, 0.3) is 0 Å². The summed E-state index contributed by atoms with van der Waals surface area (Å²) < 4.78 is 5.53. The highest BCUT2D eigenvalue weighted by molar-refractivity contribution is 7.10. The molecule has 1 aromatic heterocycles. The average molecular weight is 281 g/mol. The number of hydrogen-bond acceptors (Lipinski definition) is 5. The van der Waals surface area contributed by atoms with E-state index in [0.717, 1.165) is 18.7 Å². The maximum atomic E-state index is 9.17. The van der Waals surface area contributed by atoms with Crippen LogP contribution in [0.1, 0.15) is 17.4 Å². The summed E-state index contributed by atoms with van der Waals surface area (Å²) in [6, 6.07) is 2.42. The zero-order valence-corrected chi connectivity index (χ0v) is 11.8. The van der Waals surface area contributed by atoms with Crippen molar-refractivity contribution in [2.45, 2.75) is 25.6 Å². The van der Waals surface area contributed by atoms with Crippen molar-refractivity contribution in [3.63, 3.8) is 0 Å². The predicted molar refractivity (Wildman–Crippen MR) is 75.0 cm³/mol. The predicted octanol–water partition coefficient (Wildman–Crippen LogP) is 0.673. The highest BCUT2D eigenvalue weighted by Gasteiger charge is 2.25. The van der Waals surface area contributed by atoms with Crippen LogP contribution in [-0.4, -0.2) is 53.6 Å². The van der Waals surface area contributed by atoms with E-state index in [2.05, 4.69) is 29.7 Å². The first-order valence-electron chi connectivity index (χ1n) is 6.36. The molecule has 2 rings (SSSR count). The number of aliphatic hydroxyl groups is 2. The molecule has 0 bridgehead atoms. The van der Waals surface area contributed by atoms with Gasteiger partial charge < -0.3 is 14.9 Å². The van der Waals surface area contributed by atoms with Crippen molar-refractivity contribution >= 4 is 11.3 Å². The fraction of sp³-hybridized carbons (Fsp3) is 0.571. The number of morpholine rings is 1. The van der Waals surface area contributed by atoms with Gasteiger partial charge >= 0.3 is 0 Å². The van der Waals surface area contributed by atoms with E-state index in [4.69, 9.17) is 9.84 Å². The zero-order chi connectivity index (χ0) is 13.7. The van der Waals surface area contributed by atoms with E-state index in [-0.39, 0.29) is 19.3 Å². The number of thiophene rings is 1. The van der Waals surface area contributed by atoms with Gasteiger partial charge in [0.15, 0.2) is 0 Å². The molecule has 2 atom stereocenters. The Kier molecular flexibility index (Phi) is 5.37. The lowest BCUT2D eigenvalue weighted by Crippen LogP contribution is -2.48. The maximum Gasteiger partial charge on any atom is 0.104 e. The molecular weight excluding hydrogens is 262 g/mol. The first kappa shape index (κ1) is 14.5. The van der Waals surface area contributed by atoms with Crippen LogP contribution in [0.3, 0.4) is 0 Å². The van der Waals surface area contributed by atoms with Gasteiger partial charge in [0, 0.05) is 35.0 Å². The fourth-order valence-electron chi connectivity index (χ4n) is 2.08. The third-order valence-electron chi connectivity index (χ3n) is 3.16. The summed E-state index contributed by atoms with van der Waals surface area (Å²) in [4.78, 5) is 3.56. The summed E-state index contributed by atoms with van der Waals surface area (Å²) in [6.07, 6.45) is -0.0789. The van der Waals surface area contributed by atoms with Crippen LogP contribution in [0.25, 0.3) is 0 Å². The van der Waals surface area contributed by atoms with Gasteiger partial charge in [-0.3, -0.25) is 4.90 Å². The molecule has 2 unspecified atom stereocenters. The monoisotopic (exact) mass is 281 g/mol. The number of hydrogen-bond donors (Lipinski definition) is 2. The third-order valence-corrected chi connectivity index (χ3v) is 4.08. The molecule has 19 heavy (non-hydrogen) atoms. The van der Waals surface area contributed by atoms with Crippen molar-refractivity contribution in [3.8, 4) is 11.8 Å². The highest BCUT2D eigenvalue weighted by Crippen LogP contribution is 2.20. The normalized spacial score (nSPS) is 23.9. The molecule has 5 heteroatoms. The SMILES string of the molecule is CC1COC(CO)CN1Cc1cc(C#CCO)cs1. The lowest BCUT2D eigenvalue weighted by Gasteiger charge is -2.37. The van der Waals surface area contributed by atoms with Crippen LogP contribution in [-0.2, 0) is 11.3 Å². The van der Waals surface area contributed by atoms with E-state index in [1.165, 1.54) is 4.88 Å². The second kappa shape index (κ2) is 7.04. The Morgan fingerprint density at radius 2 is 2.37 bits per heavy atom.